The van der Waals surface area contributed by atoms with E-state index in [1.165, 1.54) is 38.5 Å². The molecule has 0 heterocycles. The first-order valence-electron chi connectivity index (χ1n) is 9.74. The Kier molecular flexibility index (Phi) is 7.22. The van der Waals surface area contributed by atoms with Crippen LogP contribution in [-0.2, 0) is 4.74 Å². The van der Waals surface area contributed by atoms with Crippen molar-refractivity contribution in [3.63, 3.8) is 0 Å². The largest absolute Gasteiger partial charge is 0.378 e. The minimum absolute atomic E-state index is 0.0349. The maximum absolute atomic E-state index is 9.47. The van der Waals surface area contributed by atoms with Gasteiger partial charge in [-0.05, 0) is 56.8 Å². The molecule has 2 nitrogen and oxygen atoms in total. The maximum Gasteiger partial charge on any atom is 0.0689 e. The second-order valence-electron chi connectivity index (χ2n) is 7.85. The third-order valence-electron chi connectivity index (χ3n) is 6.09. The predicted octanol–water partition coefficient (Wildman–Crippen LogP) is 5.86. The minimum atomic E-state index is -0.0349. The van der Waals surface area contributed by atoms with Crippen molar-refractivity contribution in [1.82, 2.24) is 0 Å². The first-order chi connectivity index (χ1) is 10.7. The van der Waals surface area contributed by atoms with E-state index in [9.17, 15) is 5.26 Å². The molecule has 0 N–H and O–H groups in total. The summed E-state index contributed by atoms with van der Waals surface area (Å²) in [6, 6.07) is 2.61. The lowest BCUT2D eigenvalue weighted by atomic mass is 9.71. The monoisotopic (exact) mass is 305 g/mol. The topological polar surface area (TPSA) is 33.0 Å². The summed E-state index contributed by atoms with van der Waals surface area (Å²) < 4.78 is 6.22. The number of hydrogen-bond donors (Lipinski definition) is 0. The van der Waals surface area contributed by atoms with Crippen molar-refractivity contribution in [2.24, 2.45) is 17.3 Å². The van der Waals surface area contributed by atoms with Crippen LogP contribution in [0.15, 0.2) is 0 Å². The number of nitriles is 1. The molecule has 0 spiro atoms. The fourth-order valence-electron chi connectivity index (χ4n) is 4.57. The van der Waals surface area contributed by atoms with Gasteiger partial charge >= 0.3 is 0 Å². The molecule has 0 aliphatic heterocycles. The minimum Gasteiger partial charge on any atom is -0.378 e. The van der Waals surface area contributed by atoms with E-state index in [1.54, 1.807) is 0 Å². The Hall–Kier alpha value is -0.550. The summed E-state index contributed by atoms with van der Waals surface area (Å²) in [5.41, 5.74) is -0.0349. The second kappa shape index (κ2) is 8.92. The van der Waals surface area contributed by atoms with Crippen LogP contribution in [0.3, 0.4) is 0 Å². The molecule has 0 saturated heterocycles. The van der Waals surface area contributed by atoms with Crippen molar-refractivity contribution in [2.75, 3.05) is 6.61 Å². The van der Waals surface area contributed by atoms with E-state index in [2.05, 4.69) is 19.9 Å². The SMILES string of the molecule is CCCC1CCC(COC2CCC(C#N)(CCC)CC2)CC1. The number of hydrogen-bond acceptors (Lipinski definition) is 2. The lowest BCUT2D eigenvalue weighted by Crippen LogP contribution is -2.31. The first-order valence-corrected chi connectivity index (χ1v) is 9.74. The molecule has 0 aromatic rings. The molecule has 0 amide bonds. The highest BCUT2D eigenvalue weighted by Crippen LogP contribution is 2.41. The molecule has 2 aliphatic rings. The van der Waals surface area contributed by atoms with Gasteiger partial charge in [0.25, 0.3) is 0 Å². The number of ether oxygens (including phenoxy) is 1. The van der Waals surface area contributed by atoms with Crippen molar-refractivity contribution in [1.29, 1.82) is 5.26 Å². The standard InChI is InChI=1S/C20H35NO/c1-3-5-17-6-8-18(9-7-17)15-22-19-10-13-20(16-21,12-4-2)14-11-19/h17-19H,3-15H2,1-2H3. The molecular formula is C20H35NO. The third-order valence-corrected chi connectivity index (χ3v) is 6.09. The summed E-state index contributed by atoms with van der Waals surface area (Å²) in [4.78, 5) is 0. The molecule has 2 heteroatoms. The van der Waals surface area contributed by atoms with E-state index in [0.717, 1.165) is 57.0 Å². The molecule has 0 atom stereocenters. The fraction of sp³-hybridized carbons (Fsp3) is 0.950. The van der Waals surface area contributed by atoms with Gasteiger partial charge < -0.3 is 4.74 Å². The molecular weight excluding hydrogens is 270 g/mol. The summed E-state index contributed by atoms with van der Waals surface area (Å²) in [6.07, 6.45) is 15.2. The Morgan fingerprint density at radius 2 is 1.59 bits per heavy atom. The Morgan fingerprint density at radius 3 is 2.14 bits per heavy atom. The molecule has 0 aromatic carbocycles. The quantitative estimate of drug-likeness (QED) is 0.590. The zero-order valence-corrected chi connectivity index (χ0v) is 14.8. The van der Waals surface area contributed by atoms with Crippen molar-refractivity contribution in [2.45, 2.75) is 97.0 Å². The zero-order chi connectivity index (χ0) is 15.8. The van der Waals surface area contributed by atoms with E-state index >= 15 is 0 Å². The summed E-state index contributed by atoms with van der Waals surface area (Å²) in [7, 11) is 0. The number of rotatable bonds is 7. The summed E-state index contributed by atoms with van der Waals surface area (Å²) in [6.45, 7) is 5.46. The second-order valence-corrected chi connectivity index (χ2v) is 7.85. The van der Waals surface area contributed by atoms with Gasteiger partial charge in [-0.15, -0.1) is 0 Å². The van der Waals surface area contributed by atoms with Crippen LogP contribution in [0.4, 0.5) is 0 Å². The maximum atomic E-state index is 9.47. The van der Waals surface area contributed by atoms with E-state index in [1.807, 2.05) is 0 Å². The zero-order valence-electron chi connectivity index (χ0n) is 14.8. The summed E-state index contributed by atoms with van der Waals surface area (Å²) in [5.74, 6) is 1.78. The highest BCUT2D eigenvalue weighted by molar-refractivity contribution is 5.01. The van der Waals surface area contributed by atoms with Gasteiger partial charge in [0.05, 0.1) is 17.6 Å². The van der Waals surface area contributed by atoms with Gasteiger partial charge in [0.15, 0.2) is 0 Å². The average Bonchev–Trinajstić information content (AvgIpc) is 2.56. The first kappa shape index (κ1) is 17.8. The molecule has 0 radical (unpaired) electrons. The Morgan fingerprint density at radius 1 is 0.955 bits per heavy atom. The smallest absolute Gasteiger partial charge is 0.0689 e. The van der Waals surface area contributed by atoms with Gasteiger partial charge in [-0.1, -0.05) is 46.0 Å². The lowest BCUT2D eigenvalue weighted by molar-refractivity contribution is -0.0182. The third kappa shape index (κ3) is 4.98. The highest BCUT2D eigenvalue weighted by Gasteiger charge is 2.35. The molecule has 2 saturated carbocycles. The molecule has 2 aliphatic carbocycles. The molecule has 126 valence electrons. The van der Waals surface area contributed by atoms with Crippen molar-refractivity contribution in [3.8, 4) is 6.07 Å². The highest BCUT2D eigenvalue weighted by atomic mass is 16.5. The van der Waals surface area contributed by atoms with E-state index in [-0.39, 0.29) is 5.41 Å². The van der Waals surface area contributed by atoms with Gasteiger partial charge in [-0.3, -0.25) is 0 Å². The van der Waals surface area contributed by atoms with Gasteiger partial charge in [-0.2, -0.15) is 5.26 Å². The predicted molar refractivity (Wildman–Crippen MR) is 91.5 cm³/mol. The van der Waals surface area contributed by atoms with Crippen LogP contribution in [0.5, 0.6) is 0 Å². The van der Waals surface area contributed by atoms with E-state index in [4.69, 9.17) is 4.74 Å². The van der Waals surface area contributed by atoms with Crippen LogP contribution in [0.2, 0.25) is 0 Å². The van der Waals surface area contributed by atoms with Crippen molar-refractivity contribution < 1.29 is 4.74 Å². The average molecular weight is 306 g/mol. The van der Waals surface area contributed by atoms with E-state index < -0.39 is 0 Å². The van der Waals surface area contributed by atoms with Gasteiger partial charge in [0.1, 0.15) is 0 Å². The molecule has 0 aromatic heterocycles. The lowest BCUT2D eigenvalue weighted by Gasteiger charge is -2.36. The summed E-state index contributed by atoms with van der Waals surface area (Å²) in [5, 5.41) is 9.47. The normalized spacial score (nSPS) is 36.0. The van der Waals surface area contributed by atoms with Crippen LogP contribution in [0.25, 0.3) is 0 Å². The van der Waals surface area contributed by atoms with Gasteiger partial charge in [-0.25, -0.2) is 0 Å². The van der Waals surface area contributed by atoms with Crippen LogP contribution < -0.4 is 0 Å². The van der Waals surface area contributed by atoms with Crippen LogP contribution in [-0.4, -0.2) is 12.7 Å². The molecule has 2 rings (SSSR count). The van der Waals surface area contributed by atoms with Gasteiger partial charge in [0, 0.05) is 6.61 Å². The van der Waals surface area contributed by atoms with Crippen LogP contribution >= 0.6 is 0 Å². The Bertz CT molecular complexity index is 343. The molecule has 0 unspecified atom stereocenters. The number of nitrogens with zero attached hydrogens (tertiary/aromatic N) is 1. The molecule has 2 fully saturated rings. The van der Waals surface area contributed by atoms with Crippen molar-refractivity contribution in [3.05, 3.63) is 0 Å². The Labute approximate surface area is 137 Å². The fourth-order valence-corrected chi connectivity index (χ4v) is 4.57. The van der Waals surface area contributed by atoms with Crippen LogP contribution in [0, 0.1) is 28.6 Å². The van der Waals surface area contributed by atoms with Crippen molar-refractivity contribution >= 4 is 0 Å². The molecule has 22 heavy (non-hydrogen) atoms. The van der Waals surface area contributed by atoms with Crippen LogP contribution in [0.1, 0.15) is 90.9 Å². The van der Waals surface area contributed by atoms with Gasteiger partial charge in [0.2, 0.25) is 0 Å². The molecule has 0 bridgehead atoms. The Balaban J connectivity index is 1.64. The van der Waals surface area contributed by atoms with E-state index in [0.29, 0.717) is 6.10 Å². The summed E-state index contributed by atoms with van der Waals surface area (Å²) >= 11 is 0.